The molecule has 0 saturated carbocycles. The zero-order valence-electron chi connectivity index (χ0n) is 15.0. The Bertz CT molecular complexity index is 895. The number of phenols is 3. The number of ether oxygens (including phenoxy) is 1. The van der Waals surface area contributed by atoms with Crippen LogP contribution >= 0.6 is 0 Å². The van der Waals surface area contributed by atoms with Crippen molar-refractivity contribution in [2.24, 2.45) is 0 Å². The fraction of sp³-hybridized carbons (Fsp3) is 0.182. The lowest BCUT2D eigenvalue weighted by atomic mass is 9.83. The molecule has 0 aliphatic rings. The van der Waals surface area contributed by atoms with Gasteiger partial charge in [0, 0.05) is 5.92 Å². The molecule has 134 valence electrons. The minimum Gasteiger partial charge on any atom is -0.508 e. The first-order valence-corrected chi connectivity index (χ1v) is 8.36. The zero-order valence-corrected chi connectivity index (χ0v) is 15.0. The fourth-order valence-corrected chi connectivity index (χ4v) is 3.18. The molecule has 4 nitrogen and oxygen atoms in total. The monoisotopic (exact) mass is 350 g/mol. The Labute approximate surface area is 153 Å². The number of rotatable bonds is 4. The predicted octanol–water partition coefficient (Wildman–Crippen LogP) is 4.61. The molecule has 0 amide bonds. The number of aryl methyl sites for hydroxylation is 2. The normalized spacial score (nSPS) is 10.9. The molecule has 3 aromatic rings. The molecule has 0 radical (unpaired) electrons. The maximum atomic E-state index is 10.2. The Morgan fingerprint density at radius 1 is 0.654 bits per heavy atom. The Morgan fingerprint density at radius 3 is 1.54 bits per heavy atom. The predicted molar refractivity (Wildman–Crippen MR) is 101 cm³/mol. The first kappa shape index (κ1) is 17.7. The molecular formula is C22H22O4. The molecule has 0 saturated heterocycles. The van der Waals surface area contributed by atoms with Crippen molar-refractivity contribution >= 4 is 0 Å². The number of hydrogen-bond donors (Lipinski definition) is 3. The van der Waals surface area contributed by atoms with E-state index < -0.39 is 0 Å². The molecule has 0 bridgehead atoms. The van der Waals surface area contributed by atoms with Crippen molar-refractivity contribution < 1.29 is 20.1 Å². The van der Waals surface area contributed by atoms with Crippen LogP contribution in [-0.2, 0) is 0 Å². The molecule has 3 aromatic carbocycles. The highest BCUT2D eigenvalue weighted by Crippen LogP contribution is 2.38. The minimum atomic E-state index is -0.162. The summed E-state index contributed by atoms with van der Waals surface area (Å²) in [6.45, 7) is 3.70. The molecule has 0 spiro atoms. The summed E-state index contributed by atoms with van der Waals surface area (Å²) in [5.74, 6) is 0.807. The first-order valence-electron chi connectivity index (χ1n) is 8.36. The number of aromatic hydroxyl groups is 3. The lowest BCUT2D eigenvalue weighted by molar-refractivity contribution is 0.373. The number of hydrogen-bond acceptors (Lipinski definition) is 4. The van der Waals surface area contributed by atoms with Crippen LogP contribution in [0.15, 0.2) is 54.6 Å². The van der Waals surface area contributed by atoms with Gasteiger partial charge >= 0.3 is 0 Å². The fourth-order valence-electron chi connectivity index (χ4n) is 3.18. The molecule has 0 heterocycles. The van der Waals surface area contributed by atoms with E-state index in [2.05, 4.69) is 0 Å². The van der Waals surface area contributed by atoms with E-state index in [1.54, 1.807) is 24.3 Å². The van der Waals surface area contributed by atoms with E-state index in [9.17, 15) is 15.3 Å². The lowest BCUT2D eigenvalue weighted by Crippen LogP contribution is -2.04. The van der Waals surface area contributed by atoms with Crippen LogP contribution in [0.25, 0.3) is 0 Å². The molecular weight excluding hydrogens is 328 g/mol. The van der Waals surface area contributed by atoms with Crippen molar-refractivity contribution in [1.82, 2.24) is 0 Å². The second-order valence-electron chi connectivity index (χ2n) is 6.46. The number of phenolic OH excluding ortho intramolecular Hbond substituents is 3. The highest BCUT2D eigenvalue weighted by Gasteiger charge is 2.20. The molecule has 0 aliphatic carbocycles. The van der Waals surface area contributed by atoms with Crippen LogP contribution in [0.5, 0.6) is 23.0 Å². The largest absolute Gasteiger partial charge is 0.508 e. The van der Waals surface area contributed by atoms with Gasteiger partial charge in [-0.3, -0.25) is 0 Å². The highest BCUT2D eigenvalue weighted by atomic mass is 16.5. The van der Waals surface area contributed by atoms with Gasteiger partial charge in [-0.15, -0.1) is 0 Å². The highest BCUT2D eigenvalue weighted by molar-refractivity contribution is 5.52. The first-order chi connectivity index (χ1) is 12.4. The van der Waals surface area contributed by atoms with Crippen molar-refractivity contribution in [3.05, 3.63) is 82.4 Å². The van der Waals surface area contributed by atoms with E-state index in [0.29, 0.717) is 5.75 Å². The van der Waals surface area contributed by atoms with Gasteiger partial charge < -0.3 is 20.1 Å². The van der Waals surface area contributed by atoms with E-state index in [1.807, 2.05) is 44.2 Å². The summed E-state index contributed by atoms with van der Waals surface area (Å²) < 4.78 is 5.14. The third-order valence-electron chi connectivity index (χ3n) is 4.64. The SMILES string of the molecule is COc1ccc(C(c2ccc(O)c(C)c2)c2ccc(O)c(C)c2)cc1O. The van der Waals surface area contributed by atoms with Crippen LogP contribution in [0.3, 0.4) is 0 Å². The molecule has 4 heteroatoms. The van der Waals surface area contributed by atoms with Gasteiger partial charge in [0.05, 0.1) is 7.11 Å². The Kier molecular flexibility index (Phi) is 4.76. The summed E-state index contributed by atoms with van der Waals surface area (Å²) in [7, 11) is 1.51. The summed E-state index contributed by atoms with van der Waals surface area (Å²) in [4.78, 5) is 0. The second kappa shape index (κ2) is 7.00. The molecule has 0 aliphatic heterocycles. The Hall–Kier alpha value is -3.14. The third kappa shape index (κ3) is 3.31. The van der Waals surface area contributed by atoms with Crippen LogP contribution < -0.4 is 4.74 Å². The maximum Gasteiger partial charge on any atom is 0.160 e. The van der Waals surface area contributed by atoms with Gasteiger partial charge in [0.1, 0.15) is 11.5 Å². The van der Waals surface area contributed by atoms with E-state index in [4.69, 9.17) is 4.74 Å². The van der Waals surface area contributed by atoms with E-state index in [0.717, 1.165) is 27.8 Å². The summed E-state index contributed by atoms with van der Waals surface area (Å²) in [5.41, 5.74) is 4.41. The molecule has 3 rings (SSSR count). The Morgan fingerprint density at radius 2 is 1.12 bits per heavy atom. The van der Waals surface area contributed by atoms with Gasteiger partial charge in [0.15, 0.2) is 11.5 Å². The summed E-state index contributed by atoms with van der Waals surface area (Å²) in [6.07, 6.45) is 0. The van der Waals surface area contributed by atoms with Gasteiger partial charge in [-0.1, -0.05) is 30.3 Å². The number of benzene rings is 3. The maximum absolute atomic E-state index is 10.2. The van der Waals surface area contributed by atoms with Crippen molar-refractivity contribution in [3.8, 4) is 23.0 Å². The van der Waals surface area contributed by atoms with E-state index in [-0.39, 0.29) is 23.2 Å². The van der Waals surface area contributed by atoms with Gasteiger partial charge in [-0.25, -0.2) is 0 Å². The summed E-state index contributed by atoms with van der Waals surface area (Å²) in [5, 5.41) is 30.0. The van der Waals surface area contributed by atoms with Gasteiger partial charge in [-0.2, -0.15) is 0 Å². The smallest absolute Gasteiger partial charge is 0.160 e. The zero-order chi connectivity index (χ0) is 18.8. The van der Waals surface area contributed by atoms with E-state index >= 15 is 0 Å². The quantitative estimate of drug-likeness (QED) is 0.601. The average molecular weight is 350 g/mol. The standard InChI is InChI=1S/C22H22O4/c1-13-10-15(4-7-18(13)23)22(16-5-8-19(24)14(2)11-16)17-6-9-21(26-3)20(25)12-17/h4-12,22-25H,1-3H3. The van der Waals surface area contributed by atoms with Crippen molar-refractivity contribution in [2.75, 3.05) is 7.11 Å². The molecule has 0 fully saturated rings. The molecule has 3 N–H and O–H groups in total. The van der Waals surface area contributed by atoms with Crippen molar-refractivity contribution in [3.63, 3.8) is 0 Å². The third-order valence-corrected chi connectivity index (χ3v) is 4.64. The molecule has 26 heavy (non-hydrogen) atoms. The minimum absolute atomic E-state index is 0.0704. The number of methoxy groups -OCH3 is 1. The van der Waals surface area contributed by atoms with E-state index in [1.165, 1.54) is 7.11 Å². The van der Waals surface area contributed by atoms with Crippen molar-refractivity contribution in [2.45, 2.75) is 19.8 Å². The lowest BCUT2D eigenvalue weighted by Gasteiger charge is -2.21. The van der Waals surface area contributed by atoms with Gasteiger partial charge in [0.25, 0.3) is 0 Å². The van der Waals surface area contributed by atoms with Crippen molar-refractivity contribution in [1.29, 1.82) is 0 Å². The van der Waals surface area contributed by atoms with Crippen LogP contribution in [0.2, 0.25) is 0 Å². The molecule has 0 aromatic heterocycles. The molecule has 0 unspecified atom stereocenters. The topological polar surface area (TPSA) is 69.9 Å². The average Bonchev–Trinajstić information content (AvgIpc) is 2.61. The van der Waals surface area contributed by atoms with Gasteiger partial charge in [0.2, 0.25) is 0 Å². The Balaban J connectivity index is 2.19. The summed E-state index contributed by atoms with van der Waals surface area (Å²) in [6, 6.07) is 16.3. The summed E-state index contributed by atoms with van der Waals surface area (Å²) >= 11 is 0. The van der Waals surface area contributed by atoms with Crippen LogP contribution in [0, 0.1) is 13.8 Å². The van der Waals surface area contributed by atoms with Gasteiger partial charge in [-0.05, 0) is 65.9 Å². The van der Waals surface area contributed by atoms with Crippen LogP contribution in [0.4, 0.5) is 0 Å². The van der Waals surface area contributed by atoms with Crippen LogP contribution in [0.1, 0.15) is 33.7 Å². The second-order valence-corrected chi connectivity index (χ2v) is 6.46. The molecule has 0 atom stereocenters. The van der Waals surface area contributed by atoms with Crippen LogP contribution in [-0.4, -0.2) is 22.4 Å².